The molecule has 2 aromatic carbocycles. The van der Waals surface area contributed by atoms with Crippen molar-refractivity contribution in [3.63, 3.8) is 0 Å². The van der Waals surface area contributed by atoms with Gasteiger partial charge in [0.1, 0.15) is 5.82 Å². The van der Waals surface area contributed by atoms with Gasteiger partial charge >= 0.3 is 0 Å². The van der Waals surface area contributed by atoms with E-state index in [0.717, 1.165) is 0 Å². The number of anilines is 1. The minimum absolute atomic E-state index is 0.100. The highest BCUT2D eigenvalue weighted by Crippen LogP contribution is 2.39. The molecule has 0 spiro atoms. The van der Waals surface area contributed by atoms with Gasteiger partial charge in [0.25, 0.3) is 0 Å². The molecule has 1 aliphatic rings. The summed E-state index contributed by atoms with van der Waals surface area (Å²) in [7, 11) is 0. The Balaban J connectivity index is 1.51. The molecule has 7 heteroatoms. The Hall–Kier alpha value is -2.11. The van der Waals surface area contributed by atoms with Crippen molar-refractivity contribution in [2.75, 3.05) is 5.32 Å². The molecule has 0 bridgehead atoms. The van der Waals surface area contributed by atoms with Gasteiger partial charge in [-0.3, -0.25) is 9.59 Å². The van der Waals surface area contributed by atoms with Crippen LogP contribution in [0.3, 0.4) is 0 Å². The van der Waals surface area contributed by atoms with Crippen LogP contribution in [-0.4, -0.2) is 11.8 Å². The molecular formula is C18H15Cl2FN2O2. The maximum Gasteiger partial charge on any atom is 0.228 e. The first-order valence-electron chi connectivity index (χ1n) is 7.72. The molecule has 2 unspecified atom stereocenters. The number of hydrogen-bond acceptors (Lipinski definition) is 2. The molecule has 0 aliphatic heterocycles. The molecule has 0 heterocycles. The van der Waals surface area contributed by atoms with Crippen LogP contribution >= 0.6 is 23.2 Å². The minimum atomic E-state index is -0.394. The van der Waals surface area contributed by atoms with Gasteiger partial charge in [0.2, 0.25) is 11.8 Å². The van der Waals surface area contributed by atoms with E-state index in [1.165, 1.54) is 6.07 Å². The van der Waals surface area contributed by atoms with Gasteiger partial charge < -0.3 is 10.6 Å². The van der Waals surface area contributed by atoms with Crippen molar-refractivity contribution in [1.29, 1.82) is 0 Å². The van der Waals surface area contributed by atoms with Crippen LogP contribution in [0.25, 0.3) is 0 Å². The third kappa shape index (κ3) is 4.30. The van der Waals surface area contributed by atoms with Crippen molar-refractivity contribution < 1.29 is 14.0 Å². The van der Waals surface area contributed by atoms with Crippen LogP contribution in [0.2, 0.25) is 10.0 Å². The van der Waals surface area contributed by atoms with Crippen molar-refractivity contribution in [3.8, 4) is 0 Å². The molecule has 25 heavy (non-hydrogen) atoms. The monoisotopic (exact) mass is 380 g/mol. The number of carbonyl (C=O) groups excluding carboxylic acids is 2. The van der Waals surface area contributed by atoms with Crippen LogP contribution < -0.4 is 10.6 Å². The van der Waals surface area contributed by atoms with Gasteiger partial charge in [-0.25, -0.2) is 4.39 Å². The second-order valence-corrected chi connectivity index (χ2v) is 6.69. The lowest BCUT2D eigenvalue weighted by atomic mass is 10.2. The van der Waals surface area contributed by atoms with Crippen LogP contribution in [0.15, 0.2) is 42.5 Å². The number of benzene rings is 2. The first-order chi connectivity index (χ1) is 12.0. The number of carbonyl (C=O) groups is 2. The Morgan fingerprint density at radius 2 is 1.76 bits per heavy atom. The predicted molar refractivity (Wildman–Crippen MR) is 94.9 cm³/mol. The average Bonchev–Trinajstić information content (AvgIpc) is 3.38. The summed E-state index contributed by atoms with van der Waals surface area (Å²) in [4.78, 5) is 24.3. The fraction of sp³-hybridized carbons (Fsp3) is 0.222. The summed E-state index contributed by atoms with van der Waals surface area (Å²) in [5.74, 6) is -1.65. The minimum Gasteiger partial charge on any atom is -0.352 e. The van der Waals surface area contributed by atoms with Crippen LogP contribution in [0.4, 0.5) is 10.1 Å². The first kappa shape index (κ1) is 17.7. The van der Waals surface area contributed by atoms with Gasteiger partial charge in [0.15, 0.2) is 0 Å². The Morgan fingerprint density at radius 1 is 1.04 bits per heavy atom. The van der Waals surface area contributed by atoms with E-state index in [1.54, 1.807) is 36.4 Å². The van der Waals surface area contributed by atoms with E-state index in [4.69, 9.17) is 23.2 Å². The van der Waals surface area contributed by atoms with Gasteiger partial charge in [0, 0.05) is 17.8 Å². The van der Waals surface area contributed by atoms with Crippen molar-refractivity contribution in [2.24, 2.45) is 11.8 Å². The second kappa shape index (κ2) is 7.42. The van der Waals surface area contributed by atoms with Gasteiger partial charge in [-0.1, -0.05) is 41.4 Å². The highest BCUT2D eigenvalue weighted by atomic mass is 35.5. The zero-order chi connectivity index (χ0) is 18.0. The molecule has 2 atom stereocenters. The lowest BCUT2D eigenvalue weighted by molar-refractivity contribution is -0.125. The molecule has 0 aromatic heterocycles. The molecule has 3 rings (SSSR count). The summed E-state index contributed by atoms with van der Waals surface area (Å²) in [6, 6.07) is 11.0. The van der Waals surface area contributed by atoms with Crippen molar-refractivity contribution in [2.45, 2.75) is 13.0 Å². The molecule has 2 aromatic rings. The largest absolute Gasteiger partial charge is 0.352 e. The van der Waals surface area contributed by atoms with Crippen LogP contribution in [0, 0.1) is 17.7 Å². The molecule has 1 aliphatic carbocycles. The number of amides is 2. The van der Waals surface area contributed by atoms with Crippen LogP contribution in [0.1, 0.15) is 12.0 Å². The van der Waals surface area contributed by atoms with Gasteiger partial charge in [-0.05, 0) is 30.7 Å². The van der Waals surface area contributed by atoms with E-state index in [-0.39, 0.29) is 24.2 Å². The summed E-state index contributed by atoms with van der Waals surface area (Å²) >= 11 is 11.7. The number of nitrogens with one attached hydrogen (secondary N) is 2. The van der Waals surface area contributed by atoms with Crippen LogP contribution in [0.5, 0.6) is 0 Å². The summed E-state index contributed by atoms with van der Waals surface area (Å²) < 4.78 is 13.5. The van der Waals surface area contributed by atoms with Crippen molar-refractivity contribution >= 4 is 40.7 Å². The molecule has 4 nitrogen and oxygen atoms in total. The molecular weight excluding hydrogens is 366 g/mol. The Bertz CT molecular complexity index is 828. The smallest absolute Gasteiger partial charge is 0.228 e. The van der Waals surface area contributed by atoms with Gasteiger partial charge in [-0.2, -0.15) is 0 Å². The summed E-state index contributed by atoms with van der Waals surface area (Å²) in [6.45, 7) is 0.100. The second-order valence-electron chi connectivity index (χ2n) is 5.88. The maximum atomic E-state index is 13.5. The fourth-order valence-electron chi connectivity index (χ4n) is 2.54. The van der Waals surface area contributed by atoms with E-state index >= 15 is 0 Å². The molecule has 0 radical (unpaired) electrons. The summed E-state index contributed by atoms with van der Waals surface area (Å²) in [5.41, 5.74) is 0.935. The topological polar surface area (TPSA) is 58.2 Å². The number of halogens is 3. The quantitative estimate of drug-likeness (QED) is 0.822. The third-order valence-electron chi connectivity index (χ3n) is 4.06. The highest BCUT2D eigenvalue weighted by Gasteiger charge is 2.47. The van der Waals surface area contributed by atoms with E-state index in [1.807, 2.05) is 0 Å². The standard InChI is InChI=1S/C18H15Cl2FN2O2/c19-14-6-5-11(7-15(14)20)23-18(25)13-8-12(13)17(24)22-9-10-3-1-2-4-16(10)21/h1-7,12-13H,8-9H2,(H,22,24)(H,23,25). The average molecular weight is 381 g/mol. The Labute approximate surface area is 154 Å². The maximum absolute atomic E-state index is 13.5. The summed E-state index contributed by atoms with van der Waals surface area (Å²) in [5, 5.41) is 6.13. The fourth-order valence-corrected chi connectivity index (χ4v) is 2.84. The molecule has 1 fully saturated rings. The Morgan fingerprint density at radius 3 is 2.48 bits per heavy atom. The molecule has 130 valence electrons. The van der Waals surface area contributed by atoms with Crippen LogP contribution in [-0.2, 0) is 16.1 Å². The first-order valence-corrected chi connectivity index (χ1v) is 8.48. The van der Waals surface area contributed by atoms with Crippen molar-refractivity contribution in [1.82, 2.24) is 5.32 Å². The number of rotatable bonds is 5. The zero-order valence-electron chi connectivity index (χ0n) is 13.1. The highest BCUT2D eigenvalue weighted by molar-refractivity contribution is 6.42. The van der Waals surface area contributed by atoms with Gasteiger partial charge in [-0.15, -0.1) is 0 Å². The number of hydrogen-bond donors (Lipinski definition) is 2. The predicted octanol–water partition coefficient (Wildman–Crippen LogP) is 4.02. The van der Waals surface area contributed by atoms with E-state index in [9.17, 15) is 14.0 Å². The third-order valence-corrected chi connectivity index (χ3v) is 4.80. The van der Waals surface area contributed by atoms with E-state index < -0.39 is 11.8 Å². The molecule has 2 amide bonds. The lowest BCUT2D eigenvalue weighted by Crippen LogP contribution is -2.27. The Kier molecular flexibility index (Phi) is 5.25. The van der Waals surface area contributed by atoms with Crippen molar-refractivity contribution in [3.05, 3.63) is 63.9 Å². The SMILES string of the molecule is O=C(NCc1ccccc1F)C1CC1C(=O)Nc1ccc(Cl)c(Cl)c1. The van der Waals surface area contributed by atoms with Gasteiger partial charge in [0.05, 0.1) is 21.9 Å². The lowest BCUT2D eigenvalue weighted by Gasteiger charge is -2.07. The summed E-state index contributed by atoms with van der Waals surface area (Å²) in [6.07, 6.45) is 0.469. The molecule has 2 N–H and O–H groups in total. The molecule has 0 saturated heterocycles. The molecule has 1 saturated carbocycles. The van der Waals surface area contributed by atoms with E-state index in [2.05, 4.69) is 10.6 Å². The normalized spacial score (nSPS) is 18.5. The zero-order valence-corrected chi connectivity index (χ0v) is 14.6. The van der Waals surface area contributed by atoms with E-state index in [0.29, 0.717) is 27.7 Å².